The second-order valence-corrected chi connectivity index (χ2v) is 9.05. The quantitative estimate of drug-likeness (QED) is 0.769. The molecule has 2 N–H and O–H groups in total. The number of urea groups is 1. The maximum absolute atomic E-state index is 12.4. The lowest BCUT2D eigenvalue weighted by Gasteiger charge is -2.21. The number of amides is 3. The molecule has 0 radical (unpaired) electrons. The van der Waals surface area contributed by atoms with E-state index in [1.54, 1.807) is 6.92 Å². The molecule has 0 saturated heterocycles. The van der Waals surface area contributed by atoms with E-state index < -0.39 is 16.8 Å². The Kier molecular flexibility index (Phi) is 5.55. The summed E-state index contributed by atoms with van der Waals surface area (Å²) >= 11 is 1.30. The van der Waals surface area contributed by atoms with Crippen molar-refractivity contribution in [2.75, 3.05) is 0 Å². The summed E-state index contributed by atoms with van der Waals surface area (Å²) in [5, 5.41) is 13.9. The zero-order valence-electron chi connectivity index (χ0n) is 16.0. The first kappa shape index (κ1) is 19.4. The van der Waals surface area contributed by atoms with Gasteiger partial charge >= 0.3 is 6.03 Å². The fourth-order valence-corrected chi connectivity index (χ4v) is 3.45. The van der Waals surface area contributed by atoms with Crippen LogP contribution in [0.15, 0.2) is 35.5 Å². The average Bonchev–Trinajstić information content (AvgIpc) is 3.34. The fraction of sp³-hybridized carbons (Fsp3) is 0.474. The summed E-state index contributed by atoms with van der Waals surface area (Å²) in [6, 6.07) is 9.40. The van der Waals surface area contributed by atoms with Gasteiger partial charge in [0.05, 0.1) is 5.25 Å². The van der Waals surface area contributed by atoms with Crippen molar-refractivity contribution >= 4 is 23.7 Å². The number of hydrogen-bond donors (Lipinski definition) is 2. The van der Waals surface area contributed by atoms with Crippen molar-refractivity contribution in [3.8, 4) is 5.69 Å². The minimum atomic E-state index is -0.497. The first-order valence-electron chi connectivity index (χ1n) is 9.05. The van der Waals surface area contributed by atoms with E-state index in [9.17, 15) is 9.59 Å². The van der Waals surface area contributed by atoms with E-state index in [0.29, 0.717) is 11.1 Å². The second-order valence-electron chi connectivity index (χ2n) is 7.74. The van der Waals surface area contributed by atoms with E-state index in [-0.39, 0.29) is 5.91 Å². The Balaban J connectivity index is 1.74. The summed E-state index contributed by atoms with van der Waals surface area (Å²) in [4.78, 5) is 24.3. The summed E-state index contributed by atoms with van der Waals surface area (Å²) in [6.45, 7) is 7.33. The first-order chi connectivity index (χ1) is 12.7. The van der Waals surface area contributed by atoms with Gasteiger partial charge in [-0.2, -0.15) is 0 Å². The Morgan fingerprint density at radius 3 is 2.44 bits per heavy atom. The minimum Gasteiger partial charge on any atom is -0.333 e. The number of hydrogen-bond acceptors (Lipinski definition) is 5. The number of imide groups is 1. The van der Waals surface area contributed by atoms with Crippen molar-refractivity contribution in [1.82, 2.24) is 25.4 Å². The first-order valence-corrected chi connectivity index (χ1v) is 9.93. The molecule has 1 heterocycles. The van der Waals surface area contributed by atoms with Gasteiger partial charge in [0.1, 0.15) is 5.82 Å². The highest BCUT2D eigenvalue weighted by atomic mass is 32.2. The van der Waals surface area contributed by atoms with Crippen molar-refractivity contribution in [2.45, 2.75) is 62.4 Å². The monoisotopic (exact) mass is 387 g/mol. The molecule has 0 aliphatic heterocycles. The molecule has 0 spiro atoms. The minimum absolute atomic E-state index is 0.364. The van der Waals surface area contributed by atoms with Crippen molar-refractivity contribution in [3.63, 3.8) is 0 Å². The van der Waals surface area contributed by atoms with Gasteiger partial charge in [-0.1, -0.05) is 30.0 Å². The molecular weight excluding hydrogens is 362 g/mol. The molecule has 0 unspecified atom stereocenters. The zero-order valence-corrected chi connectivity index (χ0v) is 16.8. The molecule has 1 aliphatic carbocycles. The van der Waals surface area contributed by atoms with E-state index in [1.165, 1.54) is 11.8 Å². The number of rotatable bonds is 5. The Labute approximate surface area is 163 Å². The lowest BCUT2D eigenvalue weighted by atomic mass is 10.1. The van der Waals surface area contributed by atoms with Crippen molar-refractivity contribution in [2.24, 2.45) is 0 Å². The van der Waals surface area contributed by atoms with Crippen LogP contribution in [-0.4, -0.2) is 37.5 Å². The van der Waals surface area contributed by atoms with E-state index >= 15 is 0 Å². The van der Waals surface area contributed by atoms with Gasteiger partial charge in [-0.15, -0.1) is 10.2 Å². The molecule has 7 nitrogen and oxygen atoms in total. The van der Waals surface area contributed by atoms with Crippen LogP contribution in [0.5, 0.6) is 0 Å². The lowest BCUT2D eigenvalue weighted by Crippen LogP contribution is -2.49. The molecule has 1 aromatic carbocycles. The molecular formula is C19H25N5O2S. The summed E-state index contributed by atoms with van der Waals surface area (Å²) < 4.78 is 2.02. The van der Waals surface area contributed by atoms with Crippen molar-refractivity contribution < 1.29 is 9.59 Å². The number of carbonyl (C=O) groups excluding carboxylic acids is 2. The number of thioether (sulfide) groups is 1. The number of carbonyl (C=O) groups is 2. The van der Waals surface area contributed by atoms with Crippen LogP contribution in [0.3, 0.4) is 0 Å². The SMILES string of the molecule is C[C@@H](Sc1nnc(C2CC2)n1-c1ccccc1)C(=O)NC(=O)NC(C)(C)C. The highest BCUT2D eigenvalue weighted by molar-refractivity contribution is 8.00. The van der Waals surface area contributed by atoms with Crippen LogP contribution in [-0.2, 0) is 4.79 Å². The maximum Gasteiger partial charge on any atom is 0.321 e. The Bertz CT molecular complexity index is 824. The van der Waals surface area contributed by atoms with Gasteiger partial charge in [0.2, 0.25) is 5.91 Å². The third kappa shape index (κ3) is 5.09. The van der Waals surface area contributed by atoms with Gasteiger partial charge < -0.3 is 5.32 Å². The van der Waals surface area contributed by atoms with Gasteiger partial charge in [0, 0.05) is 17.1 Å². The maximum atomic E-state index is 12.4. The topological polar surface area (TPSA) is 88.9 Å². The Morgan fingerprint density at radius 2 is 1.85 bits per heavy atom. The molecule has 1 fully saturated rings. The highest BCUT2D eigenvalue weighted by Gasteiger charge is 2.32. The Hall–Kier alpha value is -2.35. The number of nitrogens with zero attached hydrogens (tertiary/aromatic N) is 3. The lowest BCUT2D eigenvalue weighted by molar-refractivity contribution is -0.119. The van der Waals surface area contributed by atoms with Crippen LogP contribution >= 0.6 is 11.8 Å². The smallest absolute Gasteiger partial charge is 0.321 e. The highest BCUT2D eigenvalue weighted by Crippen LogP contribution is 2.41. The molecule has 1 aliphatic rings. The van der Waals surface area contributed by atoms with Crippen LogP contribution in [0.1, 0.15) is 52.3 Å². The molecule has 2 aromatic rings. The third-order valence-corrected chi connectivity index (χ3v) is 5.03. The number of para-hydroxylation sites is 1. The third-order valence-electron chi connectivity index (χ3n) is 3.99. The van der Waals surface area contributed by atoms with Crippen LogP contribution < -0.4 is 10.6 Å². The average molecular weight is 388 g/mol. The molecule has 144 valence electrons. The molecule has 3 amide bonds. The molecule has 1 saturated carbocycles. The van der Waals surface area contributed by atoms with E-state index in [0.717, 1.165) is 24.4 Å². The van der Waals surface area contributed by atoms with E-state index in [4.69, 9.17) is 0 Å². The summed E-state index contributed by atoms with van der Waals surface area (Å²) in [6.07, 6.45) is 2.22. The predicted octanol–water partition coefficient (Wildman–Crippen LogP) is 3.25. The number of nitrogens with one attached hydrogen (secondary N) is 2. The van der Waals surface area contributed by atoms with Gasteiger partial charge in [-0.25, -0.2) is 4.79 Å². The van der Waals surface area contributed by atoms with Crippen LogP contribution in [0.25, 0.3) is 5.69 Å². The summed E-state index contributed by atoms with van der Waals surface area (Å²) in [5.74, 6) is 0.993. The molecule has 8 heteroatoms. The molecule has 27 heavy (non-hydrogen) atoms. The second kappa shape index (κ2) is 7.72. The summed E-state index contributed by atoms with van der Waals surface area (Å²) in [5.41, 5.74) is 0.568. The molecule has 0 bridgehead atoms. The van der Waals surface area contributed by atoms with Gasteiger partial charge in [0.15, 0.2) is 5.16 Å². The van der Waals surface area contributed by atoms with E-state index in [2.05, 4.69) is 20.8 Å². The normalized spacial score (nSPS) is 15.3. The number of benzene rings is 1. The van der Waals surface area contributed by atoms with Crippen LogP contribution in [0, 0.1) is 0 Å². The van der Waals surface area contributed by atoms with Crippen LogP contribution in [0.2, 0.25) is 0 Å². The van der Waals surface area contributed by atoms with Crippen molar-refractivity contribution in [3.05, 3.63) is 36.2 Å². The predicted molar refractivity (Wildman–Crippen MR) is 105 cm³/mol. The van der Waals surface area contributed by atoms with Crippen LogP contribution in [0.4, 0.5) is 4.79 Å². The largest absolute Gasteiger partial charge is 0.333 e. The number of aromatic nitrogens is 3. The van der Waals surface area contributed by atoms with Gasteiger partial charge in [-0.05, 0) is 52.7 Å². The van der Waals surface area contributed by atoms with Gasteiger partial charge in [-0.3, -0.25) is 14.7 Å². The fourth-order valence-electron chi connectivity index (χ4n) is 2.58. The Morgan fingerprint density at radius 1 is 1.19 bits per heavy atom. The molecule has 1 atom stereocenters. The van der Waals surface area contributed by atoms with E-state index in [1.807, 2.05) is 55.7 Å². The molecule has 1 aromatic heterocycles. The molecule has 3 rings (SSSR count). The van der Waals surface area contributed by atoms with Crippen molar-refractivity contribution in [1.29, 1.82) is 0 Å². The van der Waals surface area contributed by atoms with Gasteiger partial charge in [0.25, 0.3) is 0 Å². The zero-order chi connectivity index (χ0) is 19.6. The summed E-state index contributed by atoms with van der Waals surface area (Å²) in [7, 11) is 0. The standard InChI is InChI=1S/C19H25N5O2S/c1-12(16(25)20-17(26)21-19(2,3)4)27-18-23-22-15(13-10-11-13)24(18)14-8-6-5-7-9-14/h5-9,12-13H,10-11H2,1-4H3,(H2,20,21,25,26)/t12-/m1/s1.